The molecule has 1 aliphatic heterocycles. The van der Waals surface area contributed by atoms with Gasteiger partial charge in [0.05, 0.1) is 0 Å². The summed E-state index contributed by atoms with van der Waals surface area (Å²) in [6, 6.07) is 0. The third-order valence-corrected chi connectivity index (χ3v) is 3.75. The first-order valence-corrected chi connectivity index (χ1v) is 7.39. The standard InChI is InChI=1S/C15H28N2O/c1-6-9-10-12(8-3)13-14(18)17(11-7-2)15(4,5)16-13/h12H,6-11H2,1-5H3. The van der Waals surface area contributed by atoms with E-state index in [4.69, 9.17) is 4.99 Å². The molecule has 1 rings (SSSR count). The molecule has 0 fully saturated rings. The van der Waals surface area contributed by atoms with Crippen molar-refractivity contribution in [2.75, 3.05) is 6.54 Å². The fourth-order valence-corrected chi connectivity index (χ4v) is 2.64. The molecule has 3 heteroatoms. The van der Waals surface area contributed by atoms with Gasteiger partial charge in [0.25, 0.3) is 5.91 Å². The van der Waals surface area contributed by atoms with Crippen LogP contribution in [-0.2, 0) is 4.79 Å². The van der Waals surface area contributed by atoms with E-state index in [0.29, 0.717) is 5.92 Å². The van der Waals surface area contributed by atoms with Crippen LogP contribution in [0.2, 0.25) is 0 Å². The van der Waals surface area contributed by atoms with Gasteiger partial charge in [-0.1, -0.05) is 33.6 Å². The molecule has 104 valence electrons. The lowest BCUT2D eigenvalue weighted by Crippen LogP contribution is -2.43. The molecule has 0 bridgehead atoms. The summed E-state index contributed by atoms with van der Waals surface area (Å²) in [6.45, 7) is 11.4. The summed E-state index contributed by atoms with van der Waals surface area (Å²) in [5, 5.41) is 0. The van der Waals surface area contributed by atoms with Crippen LogP contribution in [0.3, 0.4) is 0 Å². The van der Waals surface area contributed by atoms with Crippen molar-refractivity contribution in [2.24, 2.45) is 10.9 Å². The Labute approximate surface area is 112 Å². The molecule has 0 aliphatic carbocycles. The number of hydrogen-bond acceptors (Lipinski definition) is 2. The Bertz CT molecular complexity index is 320. The SMILES string of the molecule is CCCCC(CC)C1=NC(C)(C)N(CCC)C1=O. The molecule has 0 radical (unpaired) electrons. The zero-order valence-electron chi connectivity index (χ0n) is 12.6. The predicted octanol–water partition coefficient (Wildman–Crippen LogP) is 3.63. The molecular formula is C15H28N2O. The highest BCUT2D eigenvalue weighted by Gasteiger charge is 2.41. The van der Waals surface area contributed by atoms with Crippen LogP contribution in [0.5, 0.6) is 0 Å². The summed E-state index contributed by atoms with van der Waals surface area (Å²) in [7, 11) is 0. The molecule has 1 amide bonds. The van der Waals surface area contributed by atoms with Crippen LogP contribution >= 0.6 is 0 Å². The van der Waals surface area contributed by atoms with Crippen LogP contribution in [0, 0.1) is 5.92 Å². The molecule has 0 N–H and O–H groups in total. The van der Waals surface area contributed by atoms with E-state index in [2.05, 4.69) is 20.8 Å². The first kappa shape index (κ1) is 15.2. The third kappa shape index (κ3) is 3.12. The Morgan fingerprint density at radius 2 is 1.89 bits per heavy atom. The minimum Gasteiger partial charge on any atom is -0.313 e. The zero-order valence-corrected chi connectivity index (χ0v) is 12.6. The minimum atomic E-state index is -0.345. The molecule has 0 aromatic rings. The molecule has 0 spiro atoms. The molecule has 0 saturated heterocycles. The maximum absolute atomic E-state index is 12.5. The fraction of sp³-hybridized carbons (Fsp3) is 0.867. The summed E-state index contributed by atoms with van der Waals surface area (Å²) in [6.07, 6.45) is 5.46. The van der Waals surface area contributed by atoms with Crippen molar-refractivity contribution in [1.29, 1.82) is 0 Å². The van der Waals surface area contributed by atoms with Crippen molar-refractivity contribution in [2.45, 2.75) is 72.4 Å². The number of carbonyl (C=O) groups excluding carboxylic acids is 1. The normalized spacial score (nSPS) is 20.2. The second-order valence-corrected chi connectivity index (χ2v) is 5.70. The van der Waals surface area contributed by atoms with Crippen LogP contribution in [-0.4, -0.2) is 28.7 Å². The van der Waals surface area contributed by atoms with E-state index in [1.54, 1.807) is 0 Å². The Morgan fingerprint density at radius 1 is 1.22 bits per heavy atom. The zero-order chi connectivity index (χ0) is 13.8. The lowest BCUT2D eigenvalue weighted by molar-refractivity contribution is -0.127. The summed E-state index contributed by atoms with van der Waals surface area (Å²) in [5.74, 6) is 0.517. The van der Waals surface area contributed by atoms with Gasteiger partial charge in [-0.3, -0.25) is 9.79 Å². The average molecular weight is 252 g/mol. The van der Waals surface area contributed by atoms with Gasteiger partial charge in [0.2, 0.25) is 0 Å². The third-order valence-electron chi connectivity index (χ3n) is 3.75. The first-order valence-electron chi connectivity index (χ1n) is 7.39. The maximum atomic E-state index is 12.5. The van der Waals surface area contributed by atoms with Crippen molar-refractivity contribution < 1.29 is 4.79 Å². The molecule has 1 heterocycles. The molecule has 1 atom stereocenters. The topological polar surface area (TPSA) is 32.7 Å². The van der Waals surface area contributed by atoms with Gasteiger partial charge in [-0.15, -0.1) is 0 Å². The van der Waals surface area contributed by atoms with Crippen molar-refractivity contribution in [3.63, 3.8) is 0 Å². The number of unbranched alkanes of at least 4 members (excludes halogenated alkanes) is 1. The van der Waals surface area contributed by atoms with E-state index in [1.165, 1.54) is 12.8 Å². The highest BCUT2D eigenvalue weighted by Crippen LogP contribution is 2.29. The summed E-state index contributed by atoms with van der Waals surface area (Å²) in [5.41, 5.74) is 0.478. The molecule has 0 saturated carbocycles. The average Bonchev–Trinajstić information content (AvgIpc) is 2.54. The van der Waals surface area contributed by atoms with Gasteiger partial charge in [0.15, 0.2) is 0 Å². The van der Waals surface area contributed by atoms with Gasteiger partial charge in [0.1, 0.15) is 11.4 Å². The van der Waals surface area contributed by atoms with Gasteiger partial charge < -0.3 is 4.90 Å². The maximum Gasteiger partial charge on any atom is 0.270 e. The van der Waals surface area contributed by atoms with Gasteiger partial charge in [-0.05, 0) is 33.1 Å². The molecular weight excluding hydrogens is 224 g/mol. The molecule has 1 unspecified atom stereocenters. The monoisotopic (exact) mass is 252 g/mol. The number of rotatable bonds is 7. The van der Waals surface area contributed by atoms with Gasteiger partial charge in [-0.2, -0.15) is 0 Å². The van der Waals surface area contributed by atoms with Crippen molar-refractivity contribution in [3.05, 3.63) is 0 Å². The predicted molar refractivity (Wildman–Crippen MR) is 76.8 cm³/mol. The largest absolute Gasteiger partial charge is 0.313 e. The number of aliphatic imine (C=N–C) groups is 1. The summed E-state index contributed by atoms with van der Waals surface area (Å²) in [4.78, 5) is 19.1. The number of hydrogen-bond donors (Lipinski definition) is 0. The van der Waals surface area contributed by atoms with Crippen molar-refractivity contribution >= 4 is 11.6 Å². The second kappa shape index (κ2) is 6.35. The number of amides is 1. The summed E-state index contributed by atoms with van der Waals surface area (Å²) >= 11 is 0. The molecule has 1 aliphatic rings. The number of carbonyl (C=O) groups is 1. The lowest BCUT2D eigenvalue weighted by Gasteiger charge is -2.29. The minimum absolute atomic E-state index is 0.171. The van der Waals surface area contributed by atoms with E-state index in [0.717, 1.165) is 31.5 Å². The van der Waals surface area contributed by atoms with E-state index in [1.807, 2.05) is 18.7 Å². The van der Waals surface area contributed by atoms with Crippen LogP contribution in [0.4, 0.5) is 0 Å². The van der Waals surface area contributed by atoms with Crippen LogP contribution in [0.15, 0.2) is 4.99 Å². The molecule has 3 nitrogen and oxygen atoms in total. The van der Waals surface area contributed by atoms with Gasteiger partial charge >= 0.3 is 0 Å². The molecule has 0 aromatic heterocycles. The number of nitrogens with zero attached hydrogens (tertiary/aromatic N) is 2. The van der Waals surface area contributed by atoms with Crippen molar-refractivity contribution in [3.8, 4) is 0 Å². The van der Waals surface area contributed by atoms with Crippen molar-refractivity contribution in [1.82, 2.24) is 4.90 Å². The Morgan fingerprint density at radius 3 is 2.39 bits per heavy atom. The van der Waals surface area contributed by atoms with E-state index >= 15 is 0 Å². The van der Waals surface area contributed by atoms with Crippen LogP contribution in [0.25, 0.3) is 0 Å². The molecule has 0 aromatic carbocycles. The van der Waals surface area contributed by atoms with E-state index < -0.39 is 0 Å². The Kier molecular flexibility index (Phi) is 5.36. The van der Waals surface area contributed by atoms with Gasteiger partial charge in [0, 0.05) is 12.5 Å². The second-order valence-electron chi connectivity index (χ2n) is 5.70. The first-order chi connectivity index (χ1) is 8.47. The fourth-order valence-electron chi connectivity index (χ4n) is 2.64. The Balaban J connectivity index is 2.85. The Hall–Kier alpha value is -0.860. The van der Waals surface area contributed by atoms with Crippen LogP contribution in [0.1, 0.15) is 66.7 Å². The smallest absolute Gasteiger partial charge is 0.270 e. The summed E-state index contributed by atoms with van der Waals surface area (Å²) < 4.78 is 0. The highest BCUT2D eigenvalue weighted by molar-refractivity contribution is 6.41. The van der Waals surface area contributed by atoms with Crippen LogP contribution < -0.4 is 0 Å². The van der Waals surface area contributed by atoms with E-state index in [9.17, 15) is 4.79 Å². The van der Waals surface area contributed by atoms with Gasteiger partial charge in [-0.25, -0.2) is 0 Å². The molecule has 18 heavy (non-hydrogen) atoms. The highest BCUT2D eigenvalue weighted by atomic mass is 16.2. The lowest BCUT2D eigenvalue weighted by atomic mass is 9.93. The van der Waals surface area contributed by atoms with E-state index in [-0.39, 0.29) is 11.6 Å². The quantitative estimate of drug-likeness (QED) is 0.681.